The molecule has 0 saturated carbocycles. The first kappa shape index (κ1) is 13.1. The number of benzene rings is 1. The fourth-order valence-corrected chi connectivity index (χ4v) is 1.48. The monoisotopic (exact) mass is 233 g/mol. The summed E-state index contributed by atoms with van der Waals surface area (Å²) in [5.74, 6) is 1.29. The molecule has 1 aromatic rings. The highest BCUT2D eigenvalue weighted by Gasteiger charge is 2.07. The molecule has 0 spiro atoms. The van der Waals surface area contributed by atoms with Crippen molar-refractivity contribution in [3.63, 3.8) is 0 Å². The average Bonchev–Trinajstić information content (AvgIpc) is 2.37. The van der Waals surface area contributed by atoms with Crippen LogP contribution in [0.3, 0.4) is 0 Å². The van der Waals surface area contributed by atoms with E-state index in [1.165, 1.54) is 6.08 Å². The minimum atomic E-state index is 0.378. The van der Waals surface area contributed by atoms with E-state index in [0.717, 1.165) is 11.1 Å². The molecule has 0 unspecified atom stereocenters. The number of nitrogens with zero attached hydrogens (tertiary/aromatic N) is 1. The van der Waals surface area contributed by atoms with Crippen LogP contribution in [0.5, 0.6) is 11.5 Å². The second-order valence-corrected chi connectivity index (χ2v) is 3.30. The first-order chi connectivity index (χ1) is 8.26. The lowest BCUT2D eigenvalue weighted by Gasteiger charge is -2.11. The molecule has 0 fully saturated rings. The van der Waals surface area contributed by atoms with Gasteiger partial charge in [-0.1, -0.05) is 6.07 Å². The van der Waals surface area contributed by atoms with Gasteiger partial charge in [0.25, 0.3) is 0 Å². The number of hydrogen-bond donors (Lipinski definition) is 0. The van der Waals surface area contributed by atoms with Crippen molar-refractivity contribution in [3.8, 4) is 17.6 Å². The Labute approximate surface area is 101 Å². The zero-order valence-corrected chi connectivity index (χ0v) is 10.2. The first-order valence-corrected chi connectivity index (χ1v) is 5.06. The Hall–Kier alpha value is -1.99. The van der Waals surface area contributed by atoms with E-state index in [1.807, 2.05) is 18.2 Å². The van der Waals surface area contributed by atoms with Gasteiger partial charge >= 0.3 is 0 Å². The topological polar surface area (TPSA) is 51.5 Å². The summed E-state index contributed by atoms with van der Waals surface area (Å²) in [7, 11) is 4.75. The van der Waals surface area contributed by atoms with Gasteiger partial charge in [-0.25, -0.2) is 0 Å². The summed E-state index contributed by atoms with van der Waals surface area (Å²) in [6, 6.07) is 7.49. The molecule has 0 aromatic heterocycles. The highest BCUT2D eigenvalue weighted by Crippen LogP contribution is 2.30. The van der Waals surface area contributed by atoms with E-state index in [-0.39, 0.29) is 0 Å². The molecule has 0 aliphatic rings. The van der Waals surface area contributed by atoms with Gasteiger partial charge in [0, 0.05) is 13.2 Å². The predicted octanol–water partition coefficient (Wildman–Crippen LogP) is 2.26. The molecule has 0 N–H and O–H groups in total. The third kappa shape index (κ3) is 3.23. The van der Waals surface area contributed by atoms with Crippen LogP contribution in [-0.4, -0.2) is 27.9 Å². The molecule has 4 nitrogen and oxygen atoms in total. The lowest BCUT2D eigenvalue weighted by Crippen LogP contribution is -1.96. The largest absolute Gasteiger partial charge is 0.493 e. The standard InChI is InChI=1S/C13H15NO3/c1-15-9-11(6-7-14)10-4-5-12(16-2)13(8-10)17-3/h4-6,8H,9H2,1-3H3. The van der Waals surface area contributed by atoms with Crippen LogP contribution in [0.15, 0.2) is 24.3 Å². The van der Waals surface area contributed by atoms with E-state index in [0.29, 0.717) is 18.1 Å². The van der Waals surface area contributed by atoms with Crippen molar-refractivity contribution in [2.45, 2.75) is 0 Å². The molecule has 1 rings (SSSR count). The zero-order valence-electron chi connectivity index (χ0n) is 10.2. The molecule has 0 heterocycles. The molecule has 0 aliphatic heterocycles. The van der Waals surface area contributed by atoms with Gasteiger partial charge in [-0.05, 0) is 23.3 Å². The summed E-state index contributed by atoms with van der Waals surface area (Å²) < 4.78 is 15.4. The van der Waals surface area contributed by atoms with E-state index in [9.17, 15) is 0 Å². The zero-order chi connectivity index (χ0) is 12.7. The summed E-state index contributed by atoms with van der Waals surface area (Å²) in [5.41, 5.74) is 1.68. The Bertz CT molecular complexity index is 446. The van der Waals surface area contributed by atoms with Gasteiger partial charge in [-0.2, -0.15) is 5.26 Å². The maximum atomic E-state index is 8.71. The molecular formula is C13H15NO3. The Morgan fingerprint density at radius 2 is 1.94 bits per heavy atom. The number of nitriles is 1. The molecule has 90 valence electrons. The van der Waals surface area contributed by atoms with E-state index in [1.54, 1.807) is 27.4 Å². The summed E-state index contributed by atoms with van der Waals surface area (Å²) in [4.78, 5) is 0. The maximum absolute atomic E-state index is 8.71. The van der Waals surface area contributed by atoms with Crippen LogP contribution in [0, 0.1) is 11.3 Å². The van der Waals surface area contributed by atoms with E-state index < -0.39 is 0 Å². The summed E-state index contributed by atoms with van der Waals surface area (Å²) >= 11 is 0. The number of allylic oxidation sites excluding steroid dienone is 1. The van der Waals surface area contributed by atoms with Gasteiger partial charge in [-0.15, -0.1) is 0 Å². The maximum Gasteiger partial charge on any atom is 0.161 e. The third-order valence-corrected chi connectivity index (χ3v) is 2.29. The molecule has 1 aromatic carbocycles. The summed E-state index contributed by atoms with van der Waals surface area (Å²) in [6.45, 7) is 0.378. The van der Waals surface area contributed by atoms with Crippen molar-refractivity contribution in [2.75, 3.05) is 27.9 Å². The lowest BCUT2D eigenvalue weighted by molar-refractivity contribution is 0.239. The van der Waals surface area contributed by atoms with Crippen LogP contribution in [0.4, 0.5) is 0 Å². The van der Waals surface area contributed by atoms with E-state index in [2.05, 4.69) is 0 Å². The first-order valence-electron chi connectivity index (χ1n) is 5.06. The van der Waals surface area contributed by atoms with Gasteiger partial charge in [0.15, 0.2) is 11.5 Å². The molecule has 17 heavy (non-hydrogen) atoms. The fraction of sp³-hybridized carbons (Fsp3) is 0.308. The molecule has 0 amide bonds. The highest BCUT2D eigenvalue weighted by molar-refractivity contribution is 5.70. The van der Waals surface area contributed by atoms with Crippen LogP contribution < -0.4 is 9.47 Å². The van der Waals surface area contributed by atoms with Crippen molar-refractivity contribution in [1.82, 2.24) is 0 Å². The molecule has 0 aliphatic carbocycles. The van der Waals surface area contributed by atoms with Crippen molar-refractivity contribution in [1.29, 1.82) is 5.26 Å². The molecule has 0 saturated heterocycles. The quantitative estimate of drug-likeness (QED) is 0.732. The Balaban J connectivity index is 3.14. The second kappa shape index (κ2) is 6.56. The van der Waals surface area contributed by atoms with Crippen molar-refractivity contribution in [2.24, 2.45) is 0 Å². The predicted molar refractivity (Wildman–Crippen MR) is 65.0 cm³/mol. The SMILES string of the molecule is COCC(=CC#N)c1ccc(OC)c(OC)c1. The van der Waals surface area contributed by atoms with Crippen molar-refractivity contribution < 1.29 is 14.2 Å². The van der Waals surface area contributed by atoms with Crippen LogP contribution in [0.25, 0.3) is 5.57 Å². The van der Waals surface area contributed by atoms with Crippen LogP contribution in [-0.2, 0) is 4.74 Å². The minimum Gasteiger partial charge on any atom is -0.493 e. The summed E-state index contributed by atoms with van der Waals surface area (Å²) in [6.07, 6.45) is 1.46. The van der Waals surface area contributed by atoms with Gasteiger partial charge < -0.3 is 14.2 Å². The average molecular weight is 233 g/mol. The summed E-state index contributed by atoms with van der Waals surface area (Å²) in [5, 5.41) is 8.71. The van der Waals surface area contributed by atoms with Crippen molar-refractivity contribution >= 4 is 5.57 Å². The Morgan fingerprint density at radius 3 is 2.47 bits per heavy atom. The smallest absolute Gasteiger partial charge is 0.161 e. The molecule has 0 radical (unpaired) electrons. The van der Waals surface area contributed by atoms with E-state index >= 15 is 0 Å². The van der Waals surface area contributed by atoms with Gasteiger partial charge in [-0.3, -0.25) is 0 Å². The molecular weight excluding hydrogens is 218 g/mol. The van der Waals surface area contributed by atoms with Crippen LogP contribution >= 0.6 is 0 Å². The lowest BCUT2D eigenvalue weighted by atomic mass is 10.1. The fourth-order valence-electron chi connectivity index (χ4n) is 1.48. The van der Waals surface area contributed by atoms with E-state index in [4.69, 9.17) is 19.5 Å². The highest BCUT2D eigenvalue weighted by atomic mass is 16.5. The number of methoxy groups -OCH3 is 3. The van der Waals surface area contributed by atoms with Crippen LogP contribution in [0.1, 0.15) is 5.56 Å². The second-order valence-electron chi connectivity index (χ2n) is 3.30. The number of ether oxygens (including phenoxy) is 3. The van der Waals surface area contributed by atoms with Crippen molar-refractivity contribution in [3.05, 3.63) is 29.8 Å². The molecule has 4 heteroatoms. The van der Waals surface area contributed by atoms with Crippen LogP contribution in [0.2, 0.25) is 0 Å². The normalized spacial score (nSPS) is 10.8. The van der Waals surface area contributed by atoms with Gasteiger partial charge in [0.2, 0.25) is 0 Å². The molecule has 0 bridgehead atoms. The number of hydrogen-bond acceptors (Lipinski definition) is 4. The Morgan fingerprint density at radius 1 is 1.24 bits per heavy atom. The number of rotatable bonds is 5. The third-order valence-electron chi connectivity index (χ3n) is 2.29. The van der Waals surface area contributed by atoms with Gasteiger partial charge in [0.05, 0.1) is 26.9 Å². The van der Waals surface area contributed by atoms with Gasteiger partial charge in [0.1, 0.15) is 0 Å². The molecule has 0 atom stereocenters. The Kier molecular flexibility index (Phi) is 5.05. The minimum absolute atomic E-state index is 0.378.